The predicted octanol–water partition coefficient (Wildman–Crippen LogP) is 3.38. The fourth-order valence-electron chi connectivity index (χ4n) is 0.700. The number of allylic oxidation sites excluding steroid dienone is 1. The van der Waals surface area contributed by atoms with Crippen LogP contribution < -0.4 is 0 Å². The molecule has 0 spiro atoms. The first-order valence-electron chi connectivity index (χ1n) is 4.07. The molecule has 0 radical (unpaired) electrons. The topological polar surface area (TPSA) is 26.0 Å². The van der Waals surface area contributed by atoms with Gasteiger partial charge in [0.05, 0.1) is 0 Å². The molecule has 0 amide bonds. The van der Waals surface area contributed by atoms with E-state index in [0.717, 1.165) is 11.5 Å². The van der Waals surface area contributed by atoms with Gasteiger partial charge in [0.2, 0.25) is 0 Å². The zero-order chi connectivity index (χ0) is 9.40. The standard InChI is InChI=1S/C8H9NO.C2H6/c1-3-5-7-8(4-2)10-6-9-7;1-2/h3-6H,2H2,1H3;1-2H3/b5-3-;. The number of hydrogen-bond acceptors (Lipinski definition) is 2. The predicted molar refractivity (Wildman–Crippen MR) is 52.7 cm³/mol. The Morgan fingerprint density at radius 2 is 2.17 bits per heavy atom. The van der Waals surface area contributed by atoms with Crippen LogP contribution in [0.5, 0.6) is 0 Å². The average molecular weight is 165 g/mol. The van der Waals surface area contributed by atoms with Gasteiger partial charge >= 0.3 is 0 Å². The van der Waals surface area contributed by atoms with E-state index in [2.05, 4.69) is 11.6 Å². The van der Waals surface area contributed by atoms with Crippen molar-refractivity contribution in [1.82, 2.24) is 4.98 Å². The lowest BCUT2D eigenvalue weighted by molar-refractivity contribution is 0.548. The fourth-order valence-corrected chi connectivity index (χ4v) is 0.700. The van der Waals surface area contributed by atoms with E-state index in [4.69, 9.17) is 4.42 Å². The van der Waals surface area contributed by atoms with Gasteiger partial charge in [-0.25, -0.2) is 4.98 Å². The molecule has 0 aliphatic heterocycles. The van der Waals surface area contributed by atoms with Gasteiger partial charge in [0, 0.05) is 0 Å². The monoisotopic (exact) mass is 165 g/mol. The van der Waals surface area contributed by atoms with E-state index in [9.17, 15) is 0 Å². The van der Waals surface area contributed by atoms with Gasteiger partial charge in [0.25, 0.3) is 0 Å². The first kappa shape index (κ1) is 10.7. The van der Waals surface area contributed by atoms with Crippen LogP contribution in [-0.2, 0) is 0 Å². The summed E-state index contributed by atoms with van der Waals surface area (Å²) in [4.78, 5) is 3.95. The van der Waals surface area contributed by atoms with Crippen LogP contribution >= 0.6 is 0 Å². The molecule has 0 aromatic carbocycles. The van der Waals surface area contributed by atoms with Gasteiger partial charge in [-0.05, 0) is 19.1 Å². The molecule has 0 unspecified atom stereocenters. The summed E-state index contributed by atoms with van der Waals surface area (Å²) < 4.78 is 4.99. The minimum atomic E-state index is 0.720. The van der Waals surface area contributed by atoms with Crippen molar-refractivity contribution < 1.29 is 4.42 Å². The molecule has 0 saturated carbocycles. The van der Waals surface area contributed by atoms with Gasteiger partial charge < -0.3 is 4.42 Å². The number of oxazole rings is 1. The molecule has 0 saturated heterocycles. The van der Waals surface area contributed by atoms with Crippen molar-refractivity contribution in [2.45, 2.75) is 20.8 Å². The fraction of sp³-hybridized carbons (Fsp3) is 0.300. The van der Waals surface area contributed by atoms with Crippen LogP contribution in [0, 0.1) is 0 Å². The zero-order valence-corrected chi connectivity index (χ0v) is 7.87. The number of nitrogens with zero attached hydrogens (tertiary/aromatic N) is 1. The second kappa shape index (κ2) is 6.40. The van der Waals surface area contributed by atoms with Gasteiger partial charge in [-0.2, -0.15) is 0 Å². The molecule has 2 heteroatoms. The molecular weight excluding hydrogens is 150 g/mol. The van der Waals surface area contributed by atoms with E-state index in [1.807, 2.05) is 32.9 Å². The zero-order valence-electron chi connectivity index (χ0n) is 7.87. The Kier molecular flexibility index (Phi) is 5.70. The highest BCUT2D eigenvalue weighted by molar-refractivity contribution is 5.56. The van der Waals surface area contributed by atoms with E-state index in [0.29, 0.717) is 0 Å². The molecule has 1 heterocycles. The summed E-state index contributed by atoms with van der Waals surface area (Å²) in [6.07, 6.45) is 6.83. The molecule has 0 bridgehead atoms. The van der Waals surface area contributed by atoms with Crippen molar-refractivity contribution in [3.05, 3.63) is 30.5 Å². The van der Waals surface area contributed by atoms with Gasteiger partial charge in [0.1, 0.15) is 5.69 Å². The average Bonchev–Trinajstić information content (AvgIpc) is 2.56. The maximum absolute atomic E-state index is 4.99. The highest BCUT2D eigenvalue weighted by Gasteiger charge is 1.97. The largest absolute Gasteiger partial charge is 0.444 e. The smallest absolute Gasteiger partial charge is 0.181 e. The summed E-state index contributed by atoms with van der Waals surface area (Å²) in [5.74, 6) is 0.720. The van der Waals surface area contributed by atoms with Crippen molar-refractivity contribution in [3.8, 4) is 0 Å². The quantitative estimate of drug-likeness (QED) is 0.671. The summed E-state index contributed by atoms with van der Waals surface area (Å²) in [7, 11) is 0. The maximum atomic E-state index is 4.99. The molecule has 0 aliphatic rings. The van der Waals surface area contributed by atoms with Gasteiger partial charge in [-0.1, -0.05) is 26.5 Å². The number of aromatic nitrogens is 1. The van der Waals surface area contributed by atoms with Gasteiger partial charge in [0.15, 0.2) is 12.2 Å². The van der Waals surface area contributed by atoms with E-state index in [1.165, 1.54) is 6.39 Å². The summed E-state index contributed by atoms with van der Waals surface area (Å²) in [6.45, 7) is 9.51. The molecule has 0 N–H and O–H groups in total. The second-order valence-corrected chi connectivity index (χ2v) is 1.81. The van der Waals surface area contributed by atoms with Crippen molar-refractivity contribution in [2.24, 2.45) is 0 Å². The Balaban J connectivity index is 0.000000561. The molecule has 66 valence electrons. The number of hydrogen-bond donors (Lipinski definition) is 0. The van der Waals surface area contributed by atoms with Crippen LogP contribution in [0.15, 0.2) is 23.5 Å². The van der Waals surface area contributed by atoms with Gasteiger partial charge in [-0.15, -0.1) is 0 Å². The number of rotatable bonds is 2. The third-order valence-corrected chi connectivity index (χ3v) is 1.13. The van der Waals surface area contributed by atoms with Crippen LogP contribution in [0.2, 0.25) is 0 Å². The van der Waals surface area contributed by atoms with Crippen LogP contribution in [0.3, 0.4) is 0 Å². The lowest BCUT2D eigenvalue weighted by atomic mass is 10.3. The second-order valence-electron chi connectivity index (χ2n) is 1.81. The molecule has 1 aromatic heterocycles. The van der Waals surface area contributed by atoms with Crippen LogP contribution in [0.25, 0.3) is 12.2 Å². The summed E-state index contributed by atoms with van der Waals surface area (Å²) in [5, 5.41) is 0. The molecule has 0 fully saturated rings. The van der Waals surface area contributed by atoms with E-state index < -0.39 is 0 Å². The van der Waals surface area contributed by atoms with Crippen molar-refractivity contribution in [2.75, 3.05) is 0 Å². The van der Waals surface area contributed by atoms with E-state index >= 15 is 0 Å². The van der Waals surface area contributed by atoms with Crippen molar-refractivity contribution in [3.63, 3.8) is 0 Å². The SMILES string of the molecule is C=Cc1ocnc1/C=C\C.CC. The molecule has 1 rings (SSSR count). The van der Waals surface area contributed by atoms with Crippen molar-refractivity contribution in [1.29, 1.82) is 0 Å². The third kappa shape index (κ3) is 2.74. The summed E-state index contributed by atoms with van der Waals surface area (Å²) >= 11 is 0. The summed E-state index contributed by atoms with van der Waals surface area (Å²) in [6, 6.07) is 0. The van der Waals surface area contributed by atoms with Crippen LogP contribution in [-0.4, -0.2) is 4.98 Å². The maximum Gasteiger partial charge on any atom is 0.181 e. The Hall–Kier alpha value is -1.31. The first-order valence-corrected chi connectivity index (χ1v) is 4.07. The minimum Gasteiger partial charge on any atom is -0.444 e. The third-order valence-electron chi connectivity index (χ3n) is 1.13. The van der Waals surface area contributed by atoms with E-state index in [1.54, 1.807) is 6.08 Å². The Morgan fingerprint density at radius 1 is 1.50 bits per heavy atom. The lowest BCUT2D eigenvalue weighted by Gasteiger charge is -1.83. The van der Waals surface area contributed by atoms with Crippen molar-refractivity contribution >= 4 is 12.2 Å². The molecule has 12 heavy (non-hydrogen) atoms. The highest BCUT2D eigenvalue weighted by Crippen LogP contribution is 2.08. The minimum absolute atomic E-state index is 0.720. The van der Waals surface area contributed by atoms with Crippen LogP contribution in [0.1, 0.15) is 32.2 Å². The summed E-state index contributed by atoms with van der Waals surface area (Å²) in [5.41, 5.74) is 0.831. The Morgan fingerprint density at radius 3 is 2.67 bits per heavy atom. The molecular formula is C10H15NO. The molecule has 0 aliphatic carbocycles. The molecule has 0 atom stereocenters. The first-order chi connectivity index (χ1) is 5.88. The molecule has 2 nitrogen and oxygen atoms in total. The Bertz CT molecular complexity index is 248. The van der Waals surface area contributed by atoms with Gasteiger partial charge in [-0.3, -0.25) is 0 Å². The molecule has 1 aromatic rings. The van der Waals surface area contributed by atoms with Crippen LogP contribution in [0.4, 0.5) is 0 Å². The highest BCUT2D eigenvalue weighted by atomic mass is 16.3. The Labute approximate surface area is 73.6 Å². The van der Waals surface area contributed by atoms with E-state index in [-0.39, 0.29) is 0 Å². The normalized spacial score (nSPS) is 9.25. The lowest BCUT2D eigenvalue weighted by Crippen LogP contribution is -1.72.